The fourth-order valence-electron chi connectivity index (χ4n) is 5.95. The van der Waals surface area contributed by atoms with E-state index in [9.17, 15) is 4.79 Å². The molecule has 1 heterocycles. The van der Waals surface area contributed by atoms with Crippen LogP contribution in [0.3, 0.4) is 0 Å². The van der Waals surface area contributed by atoms with Crippen molar-refractivity contribution in [3.63, 3.8) is 0 Å². The van der Waals surface area contributed by atoms with Gasteiger partial charge >= 0.3 is 0 Å². The van der Waals surface area contributed by atoms with Crippen LogP contribution in [0.4, 0.5) is 0 Å². The van der Waals surface area contributed by atoms with Crippen LogP contribution < -0.4 is 5.32 Å². The number of Topliss-reactive ketones (excluding diaryl/α,β-unsaturated/α-hetero) is 1. The lowest BCUT2D eigenvalue weighted by atomic mass is 9.51. The van der Waals surface area contributed by atoms with Gasteiger partial charge in [-0.1, -0.05) is 0 Å². The third-order valence-corrected chi connectivity index (χ3v) is 6.60. The lowest BCUT2D eigenvalue weighted by Gasteiger charge is -2.54. The largest absolute Gasteiger partial charge is 0.307 e. The Morgan fingerprint density at radius 1 is 1.00 bits per heavy atom. The van der Waals surface area contributed by atoms with Crippen molar-refractivity contribution in [3.05, 3.63) is 0 Å². The molecule has 5 aliphatic rings. The van der Waals surface area contributed by atoms with Gasteiger partial charge in [0.25, 0.3) is 0 Å². The summed E-state index contributed by atoms with van der Waals surface area (Å²) in [6.07, 6.45) is 11.8. The Kier molecular flexibility index (Phi) is 3.17. The van der Waals surface area contributed by atoms with Crippen molar-refractivity contribution in [2.75, 3.05) is 6.54 Å². The van der Waals surface area contributed by atoms with Crippen molar-refractivity contribution in [2.45, 2.75) is 63.8 Å². The van der Waals surface area contributed by atoms with Crippen molar-refractivity contribution in [1.82, 2.24) is 5.32 Å². The molecule has 1 N–H and O–H groups in total. The van der Waals surface area contributed by atoms with Crippen LogP contribution in [0, 0.1) is 29.6 Å². The highest BCUT2D eigenvalue weighted by atomic mass is 16.1. The van der Waals surface area contributed by atoms with E-state index >= 15 is 0 Å². The zero-order valence-electron chi connectivity index (χ0n) is 11.9. The molecule has 4 bridgehead atoms. The third kappa shape index (κ3) is 2.26. The Morgan fingerprint density at radius 2 is 1.68 bits per heavy atom. The summed E-state index contributed by atoms with van der Waals surface area (Å²) in [4.78, 5) is 12.2. The first kappa shape index (κ1) is 12.4. The highest BCUT2D eigenvalue weighted by molar-refractivity contribution is 5.84. The number of carbonyl (C=O) groups excluding carboxylic acids is 1. The van der Waals surface area contributed by atoms with E-state index in [-0.39, 0.29) is 6.04 Å². The van der Waals surface area contributed by atoms with Crippen LogP contribution in [0.15, 0.2) is 0 Å². The topological polar surface area (TPSA) is 29.1 Å². The van der Waals surface area contributed by atoms with Crippen LogP contribution in [-0.2, 0) is 4.79 Å². The number of carbonyl (C=O) groups is 1. The molecule has 2 nitrogen and oxygen atoms in total. The number of ketones is 1. The first-order valence-corrected chi connectivity index (χ1v) is 8.55. The van der Waals surface area contributed by atoms with Gasteiger partial charge in [-0.3, -0.25) is 4.79 Å². The van der Waals surface area contributed by atoms with Gasteiger partial charge in [-0.25, -0.2) is 0 Å². The van der Waals surface area contributed by atoms with Crippen LogP contribution in [0.2, 0.25) is 0 Å². The van der Waals surface area contributed by atoms with Gasteiger partial charge < -0.3 is 5.32 Å². The summed E-state index contributed by atoms with van der Waals surface area (Å²) < 4.78 is 0. The van der Waals surface area contributed by atoms with Gasteiger partial charge in [0.05, 0.1) is 6.04 Å². The summed E-state index contributed by atoms with van der Waals surface area (Å²) in [5, 5.41) is 3.36. The summed E-state index contributed by atoms with van der Waals surface area (Å²) in [7, 11) is 0. The van der Waals surface area contributed by atoms with E-state index < -0.39 is 0 Å². The average molecular weight is 261 g/mol. The maximum Gasteiger partial charge on any atom is 0.149 e. The highest BCUT2D eigenvalue weighted by Crippen LogP contribution is 2.57. The Labute approximate surface area is 116 Å². The highest BCUT2D eigenvalue weighted by Gasteiger charge is 2.47. The molecule has 0 spiro atoms. The predicted molar refractivity (Wildman–Crippen MR) is 75.8 cm³/mol. The Bertz CT molecular complexity index is 330. The van der Waals surface area contributed by atoms with E-state index in [0.717, 1.165) is 49.0 Å². The molecular formula is C17H27NO. The predicted octanol–water partition coefficient (Wildman–Crippen LogP) is 3.16. The minimum Gasteiger partial charge on any atom is -0.307 e. The molecular weight excluding hydrogens is 234 g/mol. The molecule has 1 saturated heterocycles. The summed E-state index contributed by atoms with van der Waals surface area (Å²) in [5.74, 6) is 5.50. The molecule has 106 valence electrons. The van der Waals surface area contributed by atoms with Gasteiger partial charge in [0.1, 0.15) is 5.78 Å². The maximum atomic E-state index is 12.2. The Morgan fingerprint density at radius 3 is 2.26 bits per heavy atom. The second-order valence-corrected chi connectivity index (χ2v) is 7.75. The molecule has 19 heavy (non-hydrogen) atoms. The molecule has 0 aromatic rings. The second kappa shape index (κ2) is 4.87. The average Bonchev–Trinajstić information content (AvgIpc) is 2.90. The van der Waals surface area contributed by atoms with Gasteiger partial charge in [-0.05, 0) is 87.5 Å². The third-order valence-electron chi connectivity index (χ3n) is 6.60. The standard InChI is InChI=1S/C17H27NO/c19-17(16-2-1-5-18-16)4-3-15-13-7-11-6-12(9-13)10-14(15)8-11/h11-16,18H,1-10H2. The summed E-state index contributed by atoms with van der Waals surface area (Å²) in [6, 6.07) is 0.205. The van der Waals surface area contributed by atoms with E-state index in [1.54, 1.807) is 0 Å². The molecule has 0 radical (unpaired) electrons. The van der Waals surface area contributed by atoms with Crippen LogP contribution >= 0.6 is 0 Å². The lowest BCUT2D eigenvalue weighted by Crippen LogP contribution is -2.45. The van der Waals surface area contributed by atoms with Crippen molar-refractivity contribution in [3.8, 4) is 0 Å². The fourth-order valence-corrected chi connectivity index (χ4v) is 5.95. The molecule has 1 atom stereocenters. The lowest BCUT2D eigenvalue weighted by molar-refractivity contribution is -0.121. The van der Waals surface area contributed by atoms with E-state index in [4.69, 9.17) is 0 Å². The molecule has 1 unspecified atom stereocenters. The summed E-state index contributed by atoms with van der Waals surface area (Å²) >= 11 is 0. The van der Waals surface area contributed by atoms with Crippen molar-refractivity contribution >= 4 is 5.78 Å². The molecule has 2 heteroatoms. The number of hydrogen-bond donors (Lipinski definition) is 1. The van der Waals surface area contributed by atoms with Gasteiger partial charge in [0.15, 0.2) is 0 Å². The van der Waals surface area contributed by atoms with E-state index in [0.29, 0.717) is 5.78 Å². The molecule has 4 aliphatic carbocycles. The normalized spacial score (nSPS) is 47.8. The SMILES string of the molecule is O=C(CCC1C2CC3CC(C2)CC1C3)C1CCCN1. The van der Waals surface area contributed by atoms with Gasteiger partial charge in [0, 0.05) is 6.42 Å². The summed E-state index contributed by atoms with van der Waals surface area (Å²) in [5.41, 5.74) is 0. The van der Waals surface area contributed by atoms with Crippen LogP contribution in [-0.4, -0.2) is 18.4 Å². The zero-order chi connectivity index (χ0) is 12.8. The maximum absolute atomic E-state index is 12.2. The molecule has 0 aromatic carbocycles. The van der Waals surface area contributed by atoms with Gasteiger partial charge in [-0.2, -0.15) is 0 Å². The monoisotopic (exact) mass is 261 g/mol. The molecule has 5 fully saturated rings. The van der Waals surface area contributed by atoms with E-state index in [2.05, 4.69) is 5.32 Å². The number of hydrogen-bond acceptors (Lipinski definition) is 2. The Hall–Kier alpha value is -0.370. The van der Waals surface area contributed by atoms with Crippen LogP contribution in [0.1, 0.15) is 57.8 Å². The van der Waals surface area contributed by atoms with Crippen molar-refractivity contribution in [1.29, 1.82) is 0 Å². The molecule has 4 saturated carbocycles. The van der Waals surface area contributed by atoms with E-state index in [1.807, 2.05) is 0 Å². The first-order chi connectivity index (χ1) is 9.29. The van der Waals surface area contributed by atoms with Gasteiger partial charge in [0.2, 0.25) is 0 Å². The molecule has 5 rings (SSSR count). The number of rotatable bonds is 4. The summed E-state index contributed by atoms with van der Waals surface area (Å²) in [6.45, 7) is 1.05. The number of nitrogens with one attached hydrogen (secondary N) is 1. The quantitative estimate of drug-likeness (QED) is 0.842. The molecule has 1 aliphatic heterocycles. The Balaban J connectivity index is 1.34. The second-order valence-electron chi connectivity index (χ2n) is 7.75. The van der Waals surface area contributed by atoms with Crippen molar-refractivity contribution < 1.29 is 4.79 Å². The smallest absolute Gasteiger partial charge is 0.149 e. The molecule has 0 aromatic heterocycles. The first-order valence-electron chi connectivity index (χ1n) is 8.55. The van der Waals surface area contributed by atoms with Crippen molar-refractivity contribution in [2.24, 2.45) is 29.6 Å². The zero-order valence-corrected chi connectivity index (χ0v) is 11.9. The van der Waals surface area contributed by atoms with Crippen LogP contribution in [0.25, 0.3) is 0 Å². The minimum atomic E-state index is 0.205. The fraction of sp³-hybridized carbons (Fsp3) is 0.941. The minimum absolute atomic E-state index is 0.205. The van der Waals surface area contributed by atoms with Crippen LogP contribution in [0.5, 0.6) is 0 Å². The van der Waals surface area contributed by atoms with Gasteiger partial charge in [-0.15, -0.1) is 0 Å². The van der Waals surface area contributed by atoms with E-state index in [1.165, 1.54) is 44.9 Å². The molecule has 0 amide bonds.